The maximum Gasteiger partial charge on any atom is 0.253 e. The van der Waals surface area contributed by atoms with Crippen molar-refractivity contribution in [3.63, 3.8) is 0 Å². The number of hydrogen-bond acceptors (Lipinski definition) is 5. The van der Waals surface area contributed by atoms with E-state index in [4.69, 9.17) is 0 Å². The molecule has 1 aromatic heterocycles. The lowest BCUT2D eigenvalue weighted by molar-refractivity contribution is -0.125. The standard InChI is InChI=1S/C22H26N4O3S/c1-24(2)21(28)15-8-9-17-19(12-15)26(22(29)18-7-3-4-10-25(17)18)14-20(27)23-13-16-6-5-11-30-16/h5-6,8-9,11-12,18H,3-4,7,10,13-14H2,1-2H3,(H,23,27). The highest BCUT2D eigenvalue weighted by atomic mass is 32.1. The SMILES string of the molecule is CN(C)C(=O)c1ccc2c(c1)N(CC(=O)NCc1cccs1)C(=O)C1CCCCN21. The van der Waals surface area contributed by atoms with Crippen molar-refractivity contribution >= 4 is 40.4 Å². The lowest BCUT2D eigenvalue weighted by Crippen LogP contribution is -2.57. The van der Waals surface area contributed by atoms with Crippen molar-refractivity contribution in [1.29, 1.82) is 0 Å². The van der Waals surface area contributed by atoms with Gasteiger partial charge >= 0.3 is 0 Å². The van der Waals surface area contributed by atoms with Crippen LogP contribution in [-0.4, -0.2) is 55.8 Å². The Hall–Kier alpha value is -2.87. The molecule has 1 atom stereocenters. The first kappa shape index (κ1) is 20.4. The van der Waals surface area contributed by atoms with Crippen LogP contribution in [0.2, 0.25) is 0 Å². The fourth-order valence-electron chi connectivity index (χ4n) is 4.11. The summed E-state index contributed by atoms with van der Waals surface area (Å²) in [5, 5.41) is 4.87. The summed E-state index contributed by atoms with van der Waals surface area (Å²) in [6.07, 6.45) is 2.81. The number of amides is 3. The normalized spacial score (nSPS) is 17.9. The van der Waals surface area contributed by atoms with Crippen molar-refractivity contribution in [3.8, 4) is 0 Å². The highest BCUT2D eigenvalue weighted by Gasteiger charge is 2.40. The number of rotatable bonds is 5. The predicted octanol–water partition coefficient (Wildman–Crippen LogP) is 2.47. The number of benzene rings is 1. The highest BCUT2D eigenvalue weighted by Crippen LogP contribution is 2.40. The summed E-state index contributed by atoms with van der Waals surface area (Å²) in [7, 11) is 3.40. The molecule has 1 saturated heterocycles. The van der Waals surface area contributed by atoms with Gasteiger partial charge < -0.3 is 15.1 Å². The summed E-state index contributed by atoms with van der Waals surface area (Å²) in [6.45, 7) is 1.20. The second kappa shape index (κ2) is 8.47. The summed E-state index contributed by atoms with van der Waals surface area (Å²) in [5.41, 5.74) is 2.06. The van der Waals surface area contributed by atoms with Crippen molar-refractivity contribution in [2.24, 2.45) is 0 Å². The van der Waals surface area contributed by atoms with E-state index in [1.54, 1.807) is 42.5 Å². The maximum atomic E-state index is 13.3. The molecule has 7 nitrogen and oxygen atoms in total. The number of fused-ring (bicyclic) bond motifs is 3. The molecule has 158 valence electrons. The van der Waals surface area contributed by atoms with Crippen molar-refractivity contribution in [2.75, 3.05) is 37.0 Å². The van der Waals surface area contributed by atoms with Gasteiger partial charge in [0.25, 0.3) is 5.91 Å². The molecule has 0 bridgehead atoms. The summed E-state index contributed by atoms with van der Waals surface area (Å²) in [5.74, 6) is -0.410. The molecule has 2 aliphatic rings. The van der Waals surface area contributed by atoms with Crippen LogP contribution in [0, 0.1) is 0 Å². The molecule has 30 heavy (non-hydrogen) atoms. The minimum Gasteiger partial charge on any atom is -0.358 e. The summed E-state index contributed by atoms with van der Waals surface area (Å²) >= 11 is 1.58. The molecule has 2 aliphatic heterocycles. The van der Waals surface area contributed by atoms with E-state index in [-0.39, 0.29) is 30.3 Å². The van der Waals surface area contributed by atoms with E-state index in [1.807, 2.05) is 23.6 Å². The van der Waals surface area contributed by atoms with E-state index < -0.39 is 0 Å². The molecule has 1 unspecified atom stereocenters. The van der Waals surface area contributed by atoms with Crippen LogP contribution in [0.5, 0.6) is 0 Å². The number of nitrogens with one attached hydrogen (secondary N) is 1. The number of piperidine rings is 1. The van der Waals surface area contributed by atoms with Gasteiger partial charge in [-0.1, -0.05) is 6.07 Å². The Kier molecular flexibility index (Phi) is 5.76. The fraction of sp³-hybridized carbons (Fsp3) is 0.409. The van der Waals surface area contributed by atoms with Gasteiger partial charge in [0, 0.05) is 31.1 Å². The lowest BCUT2D eigenvalue weighted by Gasteiger charge is -2.45. The summed E-state index contributed by atoms with van der Waals surface area (Å²) in [6, 6.07) is 9.12. The molecule has 2 aromatic rings. The third-order valence-corrected chi connectivity index (χ3v) is 6.50. The van der Waals surface area contributed by atoms with Crippen molar-refractivity contribution < 1.29 is 14.4 Å². The summed E-state index contributed by atoms with van der Waals surface area (Å²) in [4.78, 5) is 44.7. The summed E-state index contributed by atoms with van der Waals surface area (Å²) < 4.78 is 0. The molecular formula is C22H26N4O3S. The van der Waals surface area contributed by atoms with E-state index in [2.05, 4.69) is 10.2 Å². The molecule has 4 rings (SSSR count). The first-order valence-electron chi connectivity index (χ1n) is 10.2. The molecule has 1 aromatic carbocycles. The van der Waals surface area contributed by atoms with Crippen LogP contribution in [0.3, 0.4) is 0 Å². The Labute approximate surface area is 180 Å². The first-order chi connectivity index (χ1) is 14.5. The molecule has 8 heteroatoms. The smallest absolute Gasteiger partial charge is 0.253 e. The second-order valence-electron chi connectivity index (χ2n) is 7.89. The predicted molar refractivity (Wildman–Crippen MR) is 118 cm³/mol. The van der Waals surface area contributed by atoms with E-state index in [0.29, 0.717) is 17.8 Å². The number of nitrogens with zero attached hydrogens (tertiary/aromatic N) is 3. The van der Waals surface area contributed by atoms with Gasteiger partial charge in [0.05, 0.1) is 17.9 Å². The Morgan fingerprint density at radius 2 is 2.03 bits per heavy atom. The van der Waals surface area contributed by atoms with Crippen LogP contribution in [0.25, 0.3) is 0 Å². The Balaban J connectivity index is 1.63. The largest absolute Gasteiger partial charge is 0.358 e. The highest BCUT2D eigenvalue weighted by molar-refractivity contribution is 7.09. The number of anilines is 2. The quantitative estimate of drug-likeness (QED) is 0.797. The van der Waals surface area contributed by atoms with Crippen molar-refractivity contribution in [3.05, 3.63) is 46.2 Å². The topological polar surface area (TPSA) is 73.0 Å². The Morgan fingerprint density at radius 1 is 1.20 bits per heavy atom. The average Bonchev–Trinajstić information content (AvgIpc) is 3.28. The number of carbonyl (C=O) groups excluding carboxylic acids is 3. The second-order valence-corrected chi connectivity index (χ2v) is 8.92. The number of hydrogen-bond donors (Lipinski definition) is 1. The average molecular weight is 427 g/mol. The third-order valence-electron chi connectivity index (χ3n) is 5.62. The Bertz CT molecular complexity index is 957. The molecule has 0 aliphatic carbocycles. The van der Waals surface area contributed by atoms with Crippen LogP contribution in [0.4, 0.5) is 11.4 Å². The van der Waals surface area contributed by atoms with Crippen LogP contribution >= 0.6 is 11.3 Å². The third kappa shape index (κ3) is 3.92. The number of thiophene rings is 1. The molecule has 1 N–H and O–H groups in total. The van der Waals surface area contributed by atoms with Crippen LogP contribution in [0.1, 0.15) is 34.5 Å². The van der Waals surface area contributed by atoms with Gasteiger partial charge in [0.1, 0.15) is 12.6 Å². The van der Waals surface area contributed by atoms with E-state index in [9.17, 15) is 14.4 Å². The van der Waals surface area contributed by atoms with E-state index in [0.717, 1.165) is 36.4 Å². The molecule has 0 spiro atoms. The van der Waals surface area contributed by atoms with Crippen LogP contribution < -0.4 is 15.1 Å². The zero-order valence-electron chi connectivity index (χ0n) is 17.3. The number of carbonyl (C=O) groups is 3. The van der Waals surface area contributed by atoms with Crippen LogP contribution in [-0.2, 0) is 16.1 Å². The van der Waals surface area contributed by atoms with Crippen molar-refractivity contribution in [1.82, 2.24) is 10.2 Å². The van der Waals surface area contributed by atoms with E-state index in [1.165, 1.54) is 4.90 Å². The lowest BCUT2D eigenvalue weighted by atomic mass is 9.95. The fourth-order valence-corrected chi connectivity index (χ4v) is 4.75. The minimum atomic E-state index is -0.244. The minimum absolute atomic E-state index is 0.0544. The van der Waals surface area contributed by atoms with E-state index >= 15 is 0 Å². The van der Waals surface area contributed by atoms with Crippen LogP contribution in [0.15, 0.2) is 35.7 Å². The van der Waals surface area contributed by atoms with Gasteiger partial charge in [-0.25, -0.2) is 0 Å². The Morgan fingerprint density at radius 3 is 2.77 bits per heavy atom. The maximum absolute atomic E-state index is 13.3. The molecule has 0 radical (unpaired) electrons. The van der Waals surface area contributed by atoms with Gasteiger partial charge in [-0.3, -0.25) is 19.3 Å². The van der Waals surface area contributed by atoms with Gasteiger partial charge in [0.2, 0.25) is 11.8 Å². The molecular weight excluding hydrogens is 400 g/mol. The molecule has 0 saturated carbocycles. The zero-order valence-corrected chi connectivity index (χ0v) is 18.1. The molecule has 3 heterocycles. The van der Waals surface area contributed by atoms with Gasteiger partial charge in [-0.15, -0.1) is 11.3 Å². The first-order valence-corrected chi connectivity index (χ1v) is 11.1. The zero-order chi connectivity index (χ0) is 21.3. The van der Waals surface area contributed by atoms with Gasteiger partial charge in [0.15, 0.2) is 0 Å². The van der Waals surface area contributed by atoms with Gasteiger partial charge in [-0.2, -0.15) is 0 Å². The van der Waals surface area contributed by atoms with Gasteiger partial charge in [-0.05, 0) is 48.9 Å². The monoisotopic (exact) mass is 426 g/mol. The molecule has 3 amide bonds. The molecule has 1 fully saturated rings. The van der Waals surface area contributed by atoms with Crippen molar-refractivity contribution in [2.45, 2.75) is 31.8 Å².